The zero-order chi connectivity index (χ0) is 13.2. The second-order valence-corrected chi connectivity index (χ2v) is 5.61. The second kappa shape index (κ2) is 5.07. The molecule has 1 aromatic carbocycles. The van der Waals surface area contributed by atoms with Crippen molar-refractivity contribution in [3.8, 4) is 0 Å². The van der Waals surface area contributed by atoms with Crippen LogP contribution >= 0.6 is 11.8 Å². The lowest BCUT2D eigenvalue weighted by Gasteiger charge is -2.24. The zero-order valence-corrected chi connectivity index (χ0v) is 10.9. The van der Waals surface area contributed by atoms with Crippen molar-refractivity contribution in [1.82, 2.24) is 4.98 Å². The summed E-state index contributed by atoms with van der Waals surface area (Å²) in [6.07, 6.45) is 0. The van der Waals surface area contributed by atoms with Crippen LogP contribution in [0.5, 0.6) is 0 Å². The smallest absolute Gasteiger partial charge is 0.170 e. The van der Waals surface area contributed by atoms with Crippen LogP contribution in [-0.2, 0) is 4.74 Å². The minimum atomic E-state index is 0.102. The molecule has 19 heavy (non-hydrogen) atoms. The number of nitrogens with zero attached hydrogens (tertiary/aromatic N) is 2. The van der Waals surface area contributed by atoms with Gasteiger partial charge >= 0.3 is 0 Å². The van der Waals surface area contributed by atoms with E-state index in [1.54, 1.807) is 11.8 Å². The van der Waals surface area contributed by atoms with Gasteiger partial charge in [0.05, 0.1) is 29.0 Å². The summed E-state index contributed by atoms with van der Waals surface area (Å²) in [5, 5.41) is 14.2. The molecule has 0 atom stereocenters. The number of ether oxygens (including phenoxy) is 1. The quantitative estimate of drug-likeness (QED) is 0.386. The number of nitrogens with two attached hydrogens (primary N) is 1. The molecule has 6 heteroatoms. The molecule has 0 unspecified atom stereocenters. The van der Waals surface area contributed by atoms with E-state index in [9.17, 15) is 0 Å². The average molecular weight is 275 g/mol. The van der Waals surface area contributed by atoms with Gasteiger partial charge < -0.3 is 15.7 Å². The Morgan fingerprint density at radius 3 is 2.89 bits per heavy atom. The van der Waals surface area contributed by atoms with Gasteiger partial charge in [-0.2, -0.15) is 0 Å². The van der Waals surface area contributed by atoms with Crippen molar-refractivity contribution in [3.63, 3.8) is 0 Å². The fourth-order valence-electron chi connectivity index (χ4n) is 1.93. The lowest BCUT2D eigenvalue weighted by molar-refractivity contribution is 0.0455. The predicted octanol–water partition coefficient (Wildman–Crippen LogP) is 1.82. The molecule has 3 N–H and O–H groups in total. The molecule has 0 saturated carbocycles. The number of amidine groups is 1. The molecular formula is C13H13N3O2S. The van der Waals surface area contributed by atoms with E-state index >= 15 is 0 Å². The van der Waals surface area contributed by atoms with Crippen LogP contribution in [0, 0.1) is 0 Å². The summed E-state index contributed by atoms with van der Waals surface area (Å²) in [6.45, 7) is 1.50. The molecule has 1 aromatic heterocycles. The number of aromatic nitrogens is 1. The normalized spacial score (nSPS) is 16.5. The fraction of sp³-hybridized carbons (Fsp3) is 0.231. The van der Waals surface area contributed by atoms with Crippen molar-refractivity contribution < 1.29 is 9.94 Å². The van der Waals surface area contributed by atoms with Gasteiger partial charge in [-0.05, 0) is 12.1 Å². The highest BCUT2D eigenvalue weighted by atomic mass is 32.2. The summed E-state index contributed by atoms with van der Waals surface area (Å²) < 4.78 is 5.16. The third-order valence-electron chi connectivity index (χ3n) is 2.97. The summed E-state index contributed by atoms with van der Waals surface area (Å²) in [7, 11) is 0. The van der Waals surface area contributed by atoms with Crippen LogP contribution in [0.3, 0.4) is 0 Å². The molecule has 1 fully saturated rings. The lowest BCUT2D eigenvalue weighted by Crippen LogP contribution is -2.30. The second-order valence-electron chi connectivity index (χ2n) is 4.29. The molecule has 1 aliphatic heterocycles. The lowest BCUT2D eigenvalue weighted by atomic mass is 10.1. The molecular weight excluding hydrogens is 262 g/mol. The van der Waals surface area contributed by atoms with E-state index < -0.39 is 0 Å². The number of thioether (sulfide) groups is 1. The van der Waals surface area contributed by atoms with E-state index in [0.717, 1.165) is 29.1 Å². The number of fused-ring (bicyclic) bond motifs is 1. The summed E-state index contributed by atoms with van der Waals surface area (Å²) in [6, 6.07) is 9.53. The Kier molecular flexibility index (Phi) is 3.27. The topological polar surface area (TPSA) is 80.7 Å². The molecule has 2 heterocycles. The molecule has 0 radical (unpaired) electrons. The van der Waals surface area contributed by atoms with Gasteiger partial charge in [-0.1, -0.05) is 35.1 Å². The summed E-state index contributed by atoms with van der Waals surface area (Å²) in [5.41, 5.74) is 7.29. The number of hydrogen-bond acceptors (Lipinski definition) is 5. The van der Waals surface area contributed by atoms with Gasteiger partial charge in [0, 0.05) is 10.9 Å². The maximum absolute atomic E-state index is 8.89. The number of oxime groups is 1. The standard InChI is InChI=1S/C13H13N3O2S/c14-13(16-17)10-5-12(19-8-6-18-7-8)15-11-4-2-1-3-9(10)11/h1-5,8,17H,6-7H2,(H2,14,16). The number of para-hydroxylation sites is 1. The molecule has 0 bridgehead atoms. The van der Waals surface area contributed by atoms with Crippen LogP contribution in [0.2, 0.25) is 0 Å². The number of benzene rings is 1. The Morgan fingerprint density at radius 1 is 1.42 bits per heavy atom. The Hall–Kier alpha value is -1.79. The Morgan fingerprint density at radius 2 is 2.21 bits per heavy atom. The molecule has 98 valence electrons. The van der Waals surface area contributed by atoms with Crippen LogP contribution in [-0.4, -0.2) is 34.5 Å². The van der Waals surface area contributed by atoms with Crippen LogP contribution in [0.1, 0.15) is 5.56 Å². The first-order chi connectivity index (χ1) is 9.28. The summed E-state index contributed by atoms with van der Waals surface area (Å²) in [4.78, 5) is 4.59. The van der Waals surface area contributed by atoms with Gasteiger partial charge in [-0.3, -0.25) is 0 Å². The van der Waals surface area contributed by atoms with Gasteiger partial charge in [0.1, 0.15) is 0 Å². The van der Waals surface area contributed by atoms with Gasteiger partial charge in [-0.25, -0.2) is 4.98 Å². The largest absolute Gasteiger partial charge is 0.409 e. The van der Waals surface area contributed by atoms with Crippen LogP contribution in [0.15, 0.2) is 40.5 Å². The van der Waals surface area contributed by atoms with Crippen molar-refractivity contribution in [2.24, 2.45) is 10.9 Å². The van der Waals surface area contributed by atoms with E-state index in [0.29, 0.717) is 10.8 Å². The maximum Gasteiger partial charge on any atom is 0.170 e. The van der Waals surface area contributed by atoms with Crippen molar-refractivity contribution in [2.75, 3.05) is 13.2 Å². The van der Waals surface area contributed by atoms with Gasteiger partial charge in [0.15, 0.2) is 5.84 Å². The molecule has 3 rings (SSSR count). The Labute approximate surface area is 114 Å². The highest BCUT2D eigenvalue weighted by Crippen LogP contribution is 2.29. The molecule has 1 saturated heterocycles. The van der Waals surface area contributed by atoms with E-state index in [-0.39, 0.29) is 5.84 Å². The van der Waals surface area contributed by atoms with Crippen molar-refractivity contribution in [2.45, 2.75) is 10.3 Å². The molecule has 1 aliphatic rings. The highest BCUT2D eigenvalue weighted by Gasteiger charge is 2.21. The number of rotatable bonds is 3. The first kappa shape index (κ1) is 12.3. The van der Waals surface area contributed by atoms with Crippen LogP contribution in [0.25, 0.3) is 10.9 Å². The molecule has 5 nitrogen and oxygen atoms in total. The molecule has 0 spiro atoms. The van der Waals surface area contributed by atoms with E-state index in [1.165, 1.54) is 0 Å². The van der Waals surface area contributed by atoms with Crippen molar-refractivity contribution in [1.29, 1.82) is 0 Å². The predicted molar refractivity (Wildman–Crippen MR) is 74.7 cm³/mol. The third kappa shape index (κ3) is 2.36. The maximum atomic E-state index is 8.89. The van der Waals surface area contributed by atoms with Crippen LogP contribution < -0.4 is 5.73 Å². The number of pyridine rings is 1. The Bertz CT molecular complexity index is 641. The van der Waals surface area contributed by atoms with Gasteiger partial charge in [0.25, 0.3) is 0 Å². The van der Waals surface area contributed by atoms with E-state index in [2.05, 4.69) is 10.1 Å². The summed E-state index contributed by atoms with van der Waals surface area (Å²) >= 11 is 1.66. The average Bonchev–Trinajstić information content (AvgIpc) is 2.41. The third-order valence-corrected chi connectivity index (χ3v) is 4.03. The van der Waals surface area contributed by atoms with Crippen LogP contribution in [0.4, 0.5) is 0 Å². The SMILES string of the molecule is NC(=NO)c1cc(SC2COC2)nc2ccccc12. The van der Waals surface area contributed by atoms with Gasteiger partial charge in [-0.15, -0.1) is 0 Å². The highest BCUT2D eigenvalue weighted by molar-refractivity contribution is 8.00. The minimum absolute atomic E-state index is 0.102. The van der Waals surface area contributed by atoms with Gasteiger partial charge in [0.2, 0.25) is 0 Å². The molecule has 0 aliphatic carbocycles. The minimum Gasteiger partial charge on any atom is -0.409 e. The molecule has 2 aromatic rings. The van der Waals surface area contributed by atoms with Crippen molar-refractivity contribution in [3.05, 3.63) is 35.9 Å². The van der Waals surface area contributed by atoms with E-state index in [1.807, 2.05) is 30.3 Å². The zero-order valence-electron chi connectivity index (χ0n) is 10.1. The van der Waals surface area contributed by atoms with E-state index in [4.69, 9.17) is 15.7 Å². The fourth-order valence-corrected chi connectivity index (χ4v) is 2.94. The molecule has 0 amide bonds. The first-order valence-corrected chi connectivity index (χ1v) is 6.78. The first-order valence-electron chi connectivity index (χ1n) is 5.90. The number of hydrogen-bond donors (Lipinski definition) is 2. The Balaban J connectivity index is 2.08. The summed E-state index contributed by atoms with van der Waals surface area (Å²) in [5.74, 6) is 0.102. The van der Waals surface area contributed by atoms with Crippen molar-refractivity contribution >= 4 is 28.5 Å². The monoisotopic (exact) mass is 275 g/mol.